The normalized spacial score (nSPS) is 22.7. The zero-order valence-corrected chi connectivity index (χ0v) is 40.9. The van der Waals surface area contributed by atoms with Crippen molar-refractivity contribution < 1.29 is 43.2 Å². The lowest BCUT2D eigenvalue weighted by Gasteiger charge is -2.45. The smallest absolute Gasteiger partial charge is 0.339 e. The molecule has 368 valence electrons. The average molecular weight is 957 g/mol. The summed E-state index contributed by atoms with van der Waals surface area (Å²) in [5.41, 5.74) is 7.11. The lowest BCUT2D eigenvalue weighted by Crippen LogP contribution is -2.54. The van der Waals surface area contributed by atoms with E-state index < -0.39 is 48.1 Å². The third-order valence-electron chi connectivity index (χ3n) is 14.8. The highest BCUT2D eigenvalue weighted by Gasteiger charge is 2.53. The van der Waals surface area contributed by atoms with E-state index in [2.05, 4.69) is 97.1 Å². The second-order valence-corrected chi connectivity index (χ2v) is 19.9. The summed E-state index contributed by atoms with van der Waals surface area (Å²) in [4.78, 5) is 44.0. The summed E-state index contributed by atoms with van der Waals surface area (Å²) in [5.74, 6) is -1.45. The van der Waals surface area contributed by atoms with Crippen LogP contribution in [0.1, 0.15) is 128 Å². The van der Waals surface area contributed by atoms with Crippen molar-refractivity contribution in [1.82, 2.24) is 0 Å². The fraction of sp³-hybridized carbons (Fsp3) is 0.361. The Hall–Kier alpha value is -6.59. The van der Waals surface area contributed by atoms with Crippen LogP contribution in [-0.2, 0) is 43.1 Å². The number of hydrogen-bond acceptors (Lipinski definition) is 10. The molecule has 7 atom stereocenters. The van der Waals surface area contributed by atoms with Gasteiger partial charge in [-0.1, -0.05) is 127 Å². The zero-order chi connectivity index (χ0) is 49.5. The van der Waals surface area contributed by atoms with E-state index in [1.165, 1.54) is 16.7 Å². The lowest BCUT2D eigenvalue weighted by molar-refractivity contribution is -0.192. The van der Waals surface area contributed by atoms with E-state index in [0.717, 1.165) is 35.1 Å². The first-order chi connectivity index (χ1) is 34.5. The monoisotopic (exact) mass is 956 g/mol. The van der Waals surface area contributed by atoms with Crippen LogP contribution in [0.2, 0.25) is 0 Å². The van der Waals surface area contributed by atoms with Crippen molar-refractivity contribution in [2.45, 2.75) is 114 Å². The van der Waals surface area contributed by atoms with Gasteiger partial charge >= 0.3 is 17.6 Å². The van der Waals surface area contributed by atoms with Gasteiger partial charge in [0.1, 0.15) is 23.7 Å². The number of fused-ring (bicyclic) bond motifs is 11. The average Bonchev–Trinajstić information content (AvgIpc) is 3.36. The first-order valence-electron chi connectivity index (χ1n) is 25.1. The van der Waals surface area contributed by atoms with Gasteiger partial charge in [-0.05, 0) is 130 Å². The third-order valence-corrected chi connectivity index (χ3v) is 14.8. The van der Waals surface area contributed by atoms with E-state index in [9.17, 15) is 19.8 Å². The second kappa shape index (κ2) is 22.2. The number of aliphatic hydroxyl groups excluding tert-OH is 2. The van der Waals surface area contributed by atoms with Crippen LogP contribution in [0.15, 0.2) is 160 Å². The van der Waals surface area contributed by atoms with E-state index in [-0.39, 0.29) is 55.0 Å². The minimum Gasteiger partial charge on any atom is -0.483 e. The summed E-state index contributed by atoms with van der Waals surface area (Å²) in [6, 6.07) is 43.1. The van der Waals surface area contributed by atoms with Gasteiger partial charge in [0, 0.05) is 47.3 Å². The molecule has 1 aliphatic carbocycles. The quantitative estimate of drug-likeness (QED) is 0.0378. The summed E-state index contributed by atoms with van der Waals surface area (Å²) in [7, 11) is 0. The lowest BCUT2D eigenvalue weighted by atomic mass is 9.72. The number of carbonyl (C=O) groups is 2. The Kier molecular flexibility index (Phi) is 15.5. The molecule has 0 saturated heterocycles. The van der Waals surface area contributed by atoms with E-state index in [4.69, 9.17) is 23.4 Å². The molecule has 10 heteroatoms. The van der Waals surface area contributed by atoms with Gasteiger partial charge in [-0.2, -0.15) is 0 Å². The molecule has 10 nitrogen and oxygen atoms in total. The maximum Gasteiger partial charge on any atom is 0.339 e. The van der Waals surface area contributed by atoms with Crippen LogP contribution in [0.25, 0.3) is 11.0 Å². The van der Waals surface area contributed by atoms with Crippen LogP contribution in [0.5, 0.6) is 5.75 Å². The number of aryl methyl sites for hydroxylation is 2. The van der Waals surface area contributed by atoms with Gasteiger partial charge in [0.2, 0.25) is 0 Å². The highest BCUT2D eigenvalue weighted by Crippen LogP contribution is 2.50. The van der Waals surface area contributed by atoms with Crippen molar-refractivity contribution in [2.75, 3.05) is 20.0 Å². The highest BCUT2D eigenvalue weighted by molar-refractivity contribution is 5.90. The van der Waals surface area contributed by atoms with E-state index in [0.29, 0.717) is 54.4 Å². The van der Waals surface area contributed by atoms with Gasteiger partial charge in [-0.3, -0.25) is 4.79 Å². The van der Waals surface area contributed by atoms with Crippen LogP contribution in [0, 0.1) is 5.92 Å². The minimum atomic E-state index is -1.24. The maximum atomic E-state index is 15.1. The first kappa shape index (κ1) is 49.4. The number of esters is 2. The van der Waals surface area contributed by atoms with Crippen molar-refractivity contribution >= 4 is 22.9 Å². The van der Waals surface area contributed by atoms with Crippen LogP contribution in [0.4, 0.5) is 0 Å². The van der Waals surface area contributed by atoms with Crippen molar-refractivity contribution in [3.63, 3.8) is 0 Å². The van der Waals surface area contributed by atoms with Gasteiger partial charge in [-0.25, -0.2) is 9.59 Å². The molecule has 6 aromatic rings. The Morgan fingerprint density at radius 1 is 0.789 bits per heavy atom. The van der Waals surface area contributed by atoms with Gasteiger partial charge in [-0.15, -0.1) is 0 Å². The summed E-state index contributed by atoms with van der Waals surface area (Å²) < 4.78 is 32.1. The number of aliphatic hydroxyl groups is 2. The predicted molar refractivity (Wildman–Crippen MR) is 273 cm³/mol. The molecule has 71 heavy (non-hydrogen) atoms. The number of ether oxygens (including phenoxy) is 4. The molecule has 0 spiro atoms. The largest absolute Gasteiger partial charge is 0.483 e. The standard InChI is InChI=1S/C61H64O10/c1-39(2)50-26-21-41-19-22-44(23-20-41)51-27-24-46(45-18-10-16-43(33-45)32-42-14-8-5-9-15-42)34-49(51)36-54(64)68-57-55-53(28-25-47-35-52(60(66)69-56(47)55)48(29-31-62)37-67-38-63)71-61(3,58(57)70-59(50)65)30-11-17-40-12-6-4-7-13-40/h4-10,12-16,18-20,22-25,27-28,33,35,46,48-49,51,57-58,62-63H,11,17,21,26,29-32,34,36-38H2,1-3H3. The summed E-state index contributed by atoms with van der Waals surface area (Å²) >= 11 is 0. The molecule has 2 N–H and O–H groups in total. The Morgan fingerprint density at radius 2 is 1.54 bits per heavy atom. The van der Waals surface area contributed by atoms with Crippen LogP contribution in [-0.4, -0.2) is 53.9 Å². The Bertz CT molecular complexity index is 2930. The van der Waals surface area contributed by atoms with Crippen LogP contribution < -0.4 is 10.4 Å². The van der Waals surface area contributed by atoms with Gasteiger partial charge < -0.3 is 33.6 Å². The van der Waals surface area contributed by atoms with Crippen LogP contribution >= 0.6 is 0 Å². The van der Waals surface area contributed by atoms with E-state index in [1.54, 1.807) is 18.2 Å². The molecule has 2 bridgehead atoms. The SMILES string of the molecule is CC(C)=C1CCc2ccc(cc2)C2C=CC(c3cccc(Cc4ccccc4)c3)CC2CC(=O)OC2c3c(ccc4cc(C(CCO)COCO)c(=O)oc34)OC(C)(CCCc3ccccc3)C2OC1=O. The van der Waals surface area contributed by atoms with Gasteiger partial charge in [0.25, 0.3) is 0 Å². The third kappa shape index (κ3) is 11.3. The number of rotatable bonds is 13. The Morgan fingerprint density at radius 3 is 2.27 bits per heavy atom. The molecule has 0 saturated carbocycles. The molecule has 0 radical (unpaired) electrons. The molecule has 0 fully saturated rings. The number of allylic oxidation sites excluding steroid dienone is 3. The molecule has 3 aliphatic heterocycles. The molecule has 10 rings (SSSR count). The molecule has 0 amide bonds. The fourth-order valence-electron chi connectivity index (χ4n) is 11.0. The summed E-state index contributed by atoms with van der Waals surface area (Å²) in [6.45, 7) is 4.92. The Labute approximate surface area is 415 Å². The van der Waals surface area contributed by atoms with Crippen molar-refractivity contribution in [3.8, 4) is 5.75 Å². The van der Waals surface area contributed by atoms with E-state index >= 15 is 4.79 Å². The van der Waals surface area contributed by atoms with Gasteiger partial charge in [0.05, 0.1) is 12.2 Å². The number of benzene rings is 5. The second-order valence-electron chi connectivity index (χ2n) is 19.9. The Balaban J connectivity index is 1.14. The van der Waals surface area contributed by atoms with Crippen molar-refractivity contribution in [2.24, 2.45) is 5.92 Å². The van der Waals surface area contributed by atoms with Gasteiger partial charge in [0.15, 0.2) is 12.2 Å². The number of carbonyl (C=O) groups excluding carboxylic acids is 2. The minimum absolute atomic E-state index is 0.0189. The van der Waals surface area contributed by atoms with Crippen molar-refractivity contribution in [1.29, 1.82) is 0 Å². The zero-order valence-electron chi connectivity index (χ0n) is 40.9. The molecular formula is C61H64O10. The fourth-order valence-corrected chi connectivity index (χ4v) is 11.0. The molecule has 4 heterocycles. The summed E-state index contributed by atoms with van der Waals surface area (Å²) in [5, 5.41) is 19.9. The summed E-state index contributed by atoms with van der Waals surface area (Å²) in [6.07, 6.45) is 6.73. The maximum absolute atomic E-state index is 15.1. The molecule has 7 unspecified atom stereocenters. The van der Waals surface area contributed by atoms with Crippen LogP contribution in [0.3, 0.4) is 0 Å². The molecular weight excluding hydrogens is 893 g/mol. The molecule has 5 aromatic carbocycles. The highest BCUT2D eigenvalue weighted by atomic mass is 16.6. The van der Waals surface area contributed by atoms with Crippen molar-refractivity contribution in [3.05, 3.63) is 206 Å². The molecule has 1 aromatic heterocycles. The van der Waals surface area contributed by atoms with E-state index in [1.807, 2.05) is 45.0 Å². The topological polar surface area (TPSA) is 142 Å². The first-order valence-corrected chi connectivity index (χ1v) is 25.1. The predicted octanol–water partition coefficient (Wildman–Crippen LogP) is 11.3. The molecule has 4 aliphatic rings. The number of hydrogen-bond donors (Lipinski definition) is 2.